The molecule has 2 aliphatic heterocycles. The van der Waals surface area contributed by atoms with E-state index in [2.05, 4.69) is 21.1 Å². The van der Waals surface area contributed by atoms with Crippen LogP contribution in [0.15, 0.2) is 28.3 Å². The number of methoxy groups -OCH3 is 1. The van der Waals surface area contributed by atoms with E-state index >= 15 is 0 Å². The third kappa shape index (κ3) is 2.98. The number of ether oxygens (including phenoxy) is 2. The van der Waals surface area contributed by atoms with Crippen molar-refractivity contribution in [1.29, 1.82) is 0 Å². The fourth-order valence-corrected chi connectivity index (χ4v) is 3.87. The van der Waals surface area contributed by atoms with Crippen LogP contribution in [-0.2, 0) is 0 Å². The smallest absolute Gasteiger partial charge is 0.244 e. The first-order valence-corrected chi connectivity index (χ1v) is 9.38. The number of hydrogen-bond acceptors (Lipinski definition) is 6. The highest BCUT2D eigenvalue weighted by atomic mass is 16.5. The molecule has 5 rings (SSSR count). The molecule has 26 heavy (non-hydrogen) atoms. The fraction of sp³-hybridized carbons (Fsp3) is 0.500. The molecule has 0 radical (unpaired) electrons. The molecule has 1 saturated carbocycles. The molecule has 6 heteroatoms. The summed E-state index contributed by atoms with van der Waals surface area (Å²) >= 11 is 0. The third-order valence-corrected chi connectivity index (χ3v) is 5.44. The summed E-state index contributed by atoms with van der Waals surface area (Å²) in [4.78, 5) is 7.10. The van der Waals surface area contributed by atoms with E-state index in [1.54, 1.807) is 7.11 Å². The zero-order chi connectivity index (χ0) is 17.5. The van der Waals surface area contributed by atoms with Gasteiger partial charge in [-0.15, -0.1) is 0 Å². The molecule has 0 bridgehead atoms. The molecule has 1 saturated heterocycles. The third-order valence-electron chi connectivity index (χ3n) is 5.44. The van der Waals surface area contributed by atoms with Crippen molar-refractivity contribution in [1.82, 2.24) is 15.0 Å². The maximum absolute atomic E-state index is 5.93. The van der Waals surface area contributed by atoms with Crippen molar-refractivity contribution in [3.8, 4) is 11.5 Å². The van der Waals surface area contributed by atoms with Gasteiger partial charge < -0.3 is 14.0 Å². The Hall–Kier alpha value is -2.34. The minimum absolute atomic E-state index is 0.225. The van der Waals surface area contributed by atoms with E-state index in [0.29, 0.717) is 12.5 Å². The zero-order valence-electron chi connectivity index (χ0n) is 15.0. The molecular weight excluding hydrogens is 330 g/mol. The van der Waals surface area contributed by atoms with Gasteiger partial charge in [0.25, 0.3) is 0 Å². The molecule has 2 fully saturated rings. The van der Waals surface area contributed by atoms with Crippen LogP contribution in [0.25, 0.3) is 6.08 Å². The quantitative estimate of drug-likeness (QED) is 0.819. The van der Waals surface area contributed by atoms with E-state index in [0.717, 1.165) is 54.7 Å². The van der Waals surface area contributed by atoms with Gasteiger partial charge in [-0.3, -0.25) is 4.90 Å². The Balaban J connectivity index is 1.33. The highest BCUT2D eigenvalue weighted by molar-refractivity contribution is 5.64. The van der Waals surface area contributed by atoms with Crippen LogP contribution in [0.4, 0.5) is 0 Å². The molecule has 136 valence electrons. The predicted molar refractivity (Wildman–Crippen MR) is 96.3 cm³/mol. The van der Waals surface area contributed by atoms with Gasteiger partial charge in [0.1, 0.15) is 18.1 Å². The number of nitrogens with zero attached hydrogens (tertiary/aromatic N) is 3. The molecule has 2 aromatic rings. The monoisotopic (exact) mass is 353 g/mol. The molecule has 1 atom stereocenters. The van der Waals surface area contributed by atoms with Gasteiger partial charge in [0.05, 0.1) is 13.2 Å². The topological polar surface area (TPSA) is 60.6 Å². The summed E-state index contributed by atoms with van der Waals surface area (Å²) < 4.78 is 16.8. The molecule has 0 amide bonds. The Bertz CT molecular complexity index is 841. The van der Waals surface area contributed by atoms with Crippen LogP contribution in [0.3, 0.4) is 0 Å². The number of aromatic nitrogens is 2. The first kappa shape index (κ1) is 15.9. The summed E-state index contributed by atoms with van der Waals surface area (Å²) in [6.07, 6.45) is 6.84. The first-order chi connectivity index (χ1) is 12.8. The normalized spacial score (nSPS) is 22.7. The van der Waals surface area contributed by atoms with Crippen molar-refractivity contribution in [2.24, 2.45) is 0 Å². The molecule has 1 aromatic carbocycles. The van der Waals surface area contributed by atoms with E-state index in [4.69, 9.17) is 14.0 Å². The summed E-state index contributed by atoms with van der Waals surface area (Å²) in [5.74, 6) is 3.97. The average Bonchev–Trinajstić information content (AvgIpc) is 3.22. The van der Waals surface area contributed by atoms with E-state index in [1.807, 2.05) is 18.2 Å². The molecule has 0 spiro atoms. The van der Waals surface area contributed by atoms with Crippen molar-refractivity contribution in [2.45, 2.75) is 37.6 Å². The molecule has 1 aliphatic carbocycles. The van der Waals surface area contributed by atoms with Crippen molar-refractivity contribution in [3.05, 3.63) is 41.1 Å². The van der Waals surface area contributed by atoms with Crippen LogP contribution >= 0.6 is 0 Å². The van der Waals surface area contributed by atoms with Crippen LogP contribution in [0.5, 0.6) is 11.5 Å². The predicted octanol–water partition coefficient (Wildman–Crippen LogP) is 3.57. The Morgan fingerprint density at radius 3 is 3.04 bits per heavy atom. The Kier molecular flexibility index (Phi) is 3.93. The molecular formula is C20H23N3O3. The van der Waals surface area contributed by atoms with Gasteiger partial charge in [0.2, 0.25) is 5.89 Å². The summed E-state index contributed by atoms with van der Waals surface area (Å²) in [6, 6.07) is 6.15. The molecule has 6 nitrogen and oxygen atoms in total. The number of likely N-dealkylation sites (tertiary alicyclic amines) is 1. The fourth-order valence-electron chi connectivity index (χ4n) is 3.87. The maximum atomic E-state index is 5.93. The number of hydrogen-bond donors (Lipinski definition) is 0. The highest BCUT2D eigenvalue weighted by Crippen LogP contribution is 2.40. The zero-order valence-corrected chi connectivity index (χ0v) is 15.0. The Morgan fingerprint density at radius 2 is 2.19 bits per heavy atom. The summed E-state index contributed by atoms with van der Waals surface area (Å²) in [7, 11) is 1.69. The Morgan fingerprint density at radius 1 is 1.27 bits per heavy atom. The lowest BCUT2D eigenvalue weighted by molar-refractivity contribution is 0.214. The molecule has 3 heterocycles. The first-order valence-electron chi connectivity index (χ1n) is 9.38. The van der Waals surface area contributed by atoms with E-state index < -0.39 is 0 Å². The van der Waals surface area contributed by atoms with Crippen molar-refractivity contribution in [2.75, 3.05) is 26.8 Å². The summed E-state index contributed by atoms with van der Waals surface area (Å²) in [5.41, 5.74) is 2.34. The SMILES string of the molecule is COc1ccc2c(c1)C=C(CN1CCCC1c1nc(C3CC3)no1)CO2. The van der Waals surface area contributed by atoms with Gasteiger partial charge in [-0.2, -0.15) is 4.98 Å². The lowest BCUT2D eigenvalue weighted by Crippen LogP contribution is -2.28. The minimum Gasteiger partial charge on any atom is -0.497 e. The second-order valence-corrected chi connectivity index (χ2v) is 7.39. The van der Waals surface area contributed by atoms with Gasteiger partial charge >= 0.3 is 0 Å². The molecule has 0 N–H and O–H groups in total. The standard InChI is InChI=1S/C20H23N3O3/c1-24-16-6-7-18-15(10-16)9-13(12-25-18)11-23-8-2-3-17(23)20-21-19(22-26-20)14-4-5-14/h6-7,9-10,14,17H,2-5,8,11-12H2,1H3. The van der Waals surface area contributed by atoms with Crippen molar-refractivity contribution < 1.29 is 14.0 Å². The average molecular weight is 353 g/mol. The molecule has 3 aliphatic rings. The highest BCUT2D eigenvalue weighted by Gasteiger charge is 2.34. The van der Waals surface area contributed by atoms with Gasteiger partial charge in [0, 0.05) is 18.0 Å². The van der Waals surface area contributed by atoms with Gasteiger partial charge in [-0.1, -0.05) is 5.16 Å². The largest absolute Gasteiger partial charge is 0.497 e. The van der Waals surface area contributed by atoms with Crippen molar-refractivity contribution in [3.63, 3.8) is 0 Å². The van der Waals surface area contributed by atoms with E-state index in [1.165, 1.54) is 18.4 Å². The lowest BCUT2D eigenvalue weighted by Gasteiger charge is -2.25. The molecule has 1 unspecified atom stereocenters. The van der Waals surface area contributed by atoms with Crippen LogP contribution in [0.1, 0.15) is 54.9 Å². The number of benzene rings is 1. The van der Waals surface area contributed by atoms with Crippen LogP contribution in [0, 0.1) is 0 Å². The van der Waals surface area contributed by atoms with Crippen LogP contribution in [0.2, 0.25) is 0 Å². The maximum Gasteiger partial charge on any atom is 0.244 e. The van der Waals surface area contributed by atoms with Gasteiger partial charge in [-0.25, -0.2) is 0 Å². The second-order valence-electron chi connectivity index (χ2n) is 7.39. The number of fused-ring (bicyclic) bond motifs is 1. The van der Waals surface area contributed by atoms with Crippen molar-refractivity contribution >= 4 is 6.08 Å². The van der Waals surface area contributed by atoms with E-state index in [9.17, 15) is 0 Å². The van der Waals surface area contributed by atoms with E-state index in [-0.39, 0.29) is 6.04 Å². The second kappa shape index (κ2) is 6.43. The number of rotatable bonds is 5. The Labute approximate surface area is 152 Å². The van der Waals surface area contributed by atoms with Gasteiger partial charge in [0.15, 0.2) is 5.82 Å². The summed E-state index contributed by atoms with van der Waals surface area (Å²) in [6.45, 7) is 2.54. The van der Waals surface area contributed by atoms with Crippen LogP contribution in [-0.4, -0.2) is 41.8 Å². The summed E-state index contributed by atoms with van der Waals surface area (Å²) in [5, 5.41) is 4.19. The lowest BCUT2D eigenvalue weighted by atomic mass is 10.1. The van der Waals surface area contributed by atoms with Gasteiger partial charge in [-0.05, 0) is 62.1 Å². The van der Waals surface area contributed by atoms with Crippen LogP contribution < -0.4 is 9.47 Å². The molecule has 1 aromatic heterocycles. The minimum atomic E-state index is 0.225.